The average Bonchev–Trinajstić information content (AvgIpc) is 2.83. The molecule has 21 heavy (non-hydrogen) atoms. The molecule has 1 N–H and O–H groups in total. The van der Waals surface area contributed by atoms with Gasteiger partial charge in [0, 0.05) is 6.54 Å². The van der Waals surface area contributed by atoms with Crippen LogP contribution in [0.2, 0.25) is 0 Å². The van der Waals surface area contributed by atoms with E-state index in [2.05, 4.69) is 5.32 Å². The van der Waals surface area contributed by atoms with Gasteiger partial charge in [-0.15, -0.1) is 0 Å². The molecule has 0 aliphatic heterocycles. The predicted molar refractivity (Wildman–Crippen MR) is 82.8 cm³/mol. The van der Waals surface area contributed by atoms with Crippen LogP contribution in [0.4, 0.5) is 0 Å². The fraction of sp³-hybridized carbons (Fsp3) is 0.353. The highest BCUT2D eigenvalue weighted by molar-refractivity contribution is 5.78. The van der Waals surface area contributed by atoms with Gasteiger partial charge in [-0.3, -0.25) is 9.69 Å². The van der Waals surface area contributed by atoms with Gasteiger partial charge < -0.3 is 9.73 Å². The molecule has 4 nitrogen and oxygen atoms in total. The lowest BCUT2D eigenvalue weighted by Gasteiger charge is -2.15. The van der Waals surface area contributed by atoms with E-state index in [9.17, 15) is 4.79 Å². The molecule has 0 unspecified atom stereocenters. The van der Waals surface area contributed by atoms with Crippen LogP contribution in [0.15, 0.2) is 40.8 Å². The predicted octanol–water partition coefficient (Wildman–Crippen LogP) is 2.64. The van der Waals surface area contributed by atoms with E-state index < -0.39 is 0 Å². The Balaban J connectivity index is 1.77. The number of furan rings is 1. The van der Waals surface area contributed by atoms with Crippen molar-refractivity contribution in [3.05, 3.63) is 59.0 Å². The van der Waals surface area contributed by atoms with Gasteiger partial charge in [-0.1, -0.05) is 24.3 Å². The van der Waals surface area contributed by atoms with Crippen LogP contribution < -0.4 is 5.32 Å². The molecule has 0 aliphatic carbocycles. The summed E-state index contributed by atoms with van der Waals surface area (Å²) >= 11 is 0. The first-order valence-electron chi connectivity index (χ1n) is 7.09. The summed E-state index contributed by atoms with van der Waals surface area (Å²) < 4.78 is 5.51. The lowest BCUT2D eigenvalue weighted by Crippen LogP contribution is -2.34. The molecule has 112 valence electrons. The second kappa shape index (κ2) is 7.09. The summed E-state index contributed by atoms with van der Waals surface area (Å²) in [4.78, 5) is 13.9. The smallest absolute Gasteiger partial charge is 0.234 e. The minimum absolute atomic E-state index is 0.0176. The fourth-order valence-electron chi connectivity index (χ4n) is 2.20. The SMILES string of the molecule is Cc1ccc(CN(C)CC(=O)NCc2ccccc2C)o1. The van der Waals surface area contributed by atoms with Crippen LogP contribution in [0.25, 0.3) is 0 Å². The third-order valence-corrected chi connectivity index (χ3v) is 3.37. The van der Waals surface area contributed by atoms with Crippen LogP contribution in [-0.2, 0) is 17.9 Å². The Bertz CT molecular complexity index is 604. The van der Waals surface area contributed by atoms with Crippen LogP contribution in [0.3, 0.4) is 0 Å². The first-order valence-corrected chi connectivity index (χ1v) is 7.09. The fourth-order valence-corrected chi connectivity index (χ4v) is 2.20. The van der Waals surface area contributed by atoms with Crippen molar-refractivity contribution >= 4 is 5.91 Å². The molecule has 1 heterocycles. The van der Waals surface area contributed by atoms with Crippen LogP contribution in [0.5, 0.6) is 0 Å². The molecule has 0 fully saturated rings. The van der Waals surface area contributed by atoms with Crippen LogP contribution in [-0.4, -0.2) is 24.4 Å². The normalized spacial score (nSPS) is 10.9. The van der Waals surface area contributed by atoms with E-state index in [-0.39, 0.29) is 5.91 Å². The number of nitrogens with zero attached hydrogens (tertiary/aromatic N) is 1. The maximum Gasteiger partial charge on any atom is 0.234 e. The molecule has 0 radical (unpaired) electrons. The number of amides is 1. The zero-order valence-corrected chi connectivity index (χ0v) is 12.8. The molecular weight excluding hydrogens is 264 g/mol. The molecule has 0 bridgehead atoms. The zero-order chi connectivity index (χ0) is 15.2. The number of hydrogen-bond donors (Lipinski definition) is 1. The summed E-state index contributed by atoms with van der Waals surface area (Å²) in [6.45, 7) is 5.52. The van der Waals surface area contributed by atoms with Crippen molar-refractivity contribution < 1.29 is 9.21 Å². The van der Waals surface area contributed by atoms with Crippen molar-refractivity contribution in [2.45, 2.75) is 26.9 Å². The Kier molecular flexibility index (Phi) is 5.17. The summed E-state index contributed by atoms with van der Waals surface area (Å²) in [7, 11) is 1.91. The number of aryl methyl sites for hydroxylation is 2. The lowest BCUT2D eigenvalue weighted by atomic mass is 10.1. The Labute approximate surface area is 125 Å². The van der Waals surface area contributed by atoms with Gasteiger partial charge in [0.2, 0.25) is 5.91 Å². The Morgan fingerprint density at radius 3 is 2.62 bits per heavy atom. The first-order chi connectivity index (χ1) is 10.0. The summed E-state index contributed by atoms with van der Waals surface area (Å²) in [5.74, 6) is 1.79. The first kappa shape index (κ1) is 15.3. The number of carbonyl (C=O) groups excluding carboxylic acids is 1. The molecule has 0 saturated carbocycles. The molecule has 2 aromatic rings. The number of benzene rings is 1. The van der Waals surface area contributed by atoms with E-state index in [0.717, 1.165) is 17.1 Å². The zero-order valence-electron chi connectivity index (χ0n) is 12.8. The molecule has 4 heteroatoms. The van der Waals surface area contributed by atoms with E-state index in [1.807, 2.05) is 62.2 Å². The van der Waals surface area contributed by atoms with Crippen molar-refractivity contribution in [2.75, 3.05) is 13.6 Å². The van der Waals surface area contributed by atoms with Gasteiger partial charge in [-0.25, -0.2) is 0 Å². The summed E-state index contributed by atoms with van der Waals surface area (Å²) in [6.07, 6.45) is 0. The van der Waals surface area contributed by atoms with E-state index in [1.54, 1.807) is 0 Å². The van der Waals surface area contributed by atoms with Crippen LogP contribution in [0, 0.1) is 13.8 Å². The largest absolute Gasteiger partial charge is 0.465 e. The van der Waals surface area contributed by atoms with E-state index in [4.69, 9.17) is 4.42 Å². The number of carbonyl (C=O) groups is 1. The molecule has 0 saturated heterocycles. The highest BCUT2D eigenvalue weighted by atomic mass is 16.3. The number of rotatable bonds is 6. The third kappa shape index (κ3) is 4.76. The number of nitrogens with one attached hydrogen (secondary N) is 1. The Morgan fingerprint density at radius 2 is 1.95 bits per heavy atom. The quantitative estimate of drug-likeness (QED) is 0.888. The minimum atomic E-state index is 0.0176. The van der Waals surface area contributed by atoms with Crippen molar-refractivity contribution in [3.8, 4) is 0 Å². The van der Waals surface area contributed by atoms with Gasteiger partial charge in [0.15, 0.2) is 0 Å². The van der Waals surface area contributed by atoms with Crippen molar-refractivity contribution in [2.24, 2.45) is 0 Å². The maximum absolute atomic E-state index is 12.0. The lowest BCUT2D eigenvalue weighted by molar-refractivity contribution is -0.122. The highest BCUT2D eigenvalue weighted by Gasteiger charge is 2.09. The molecule has 0 aliphatic rings. The maximum atomic E-state index is 12.0. The number of hydrogen-bond acceptors (Lipinski definition) is 3. The average molecular weight is 286 g/mol. The van der Waals surface area contributed by atoms with Crippen molar-refractivity contribution in [1.82, 2.24) is 10.2 Å². The summed E-state index contributed by atoms with van der Waals surface area (Å²) in [5.41, 5.74) is 2.34. The second-order valence-corrected chi connectivity index (χ2v) is 5.39. The third-order valence-electron chi connectivity index (χ3n) is 3.37. The summed E-state index contributed by atoms with van der Waals surface area (Å²) in [5, 5.41) is 2.95. The van der Waals surface area contributed by atoms with Gasteiger partial charge in [-0.2, -0.15) is 0 Å². The van der Waals surface area contributed by atoms with Gasteiger partial charge in [-0.05, 0) is 44.2 Å². The molecule has 1 aromatic carbocycles. The minimum Gasteiger partial charge on any atom is -0.465 e. The van der Waals surface area contributed by atoms with Gasteiger partial charge in [0.25, 0.3) is 0 Å². The molecular formula is C17H22N2O2. The van der Waals surface area contributed by atoms with Crippen LogP contribution in [0.1, 0.15) is 22.6 Å². The highest BCUT2D eigenvalue weighted by Crippen LogP contribution is 2.08. The van der Waals surface area contributed by atoms with Crippen LogP contribution >= 0.6 is 0 Å². The van der Waals surface area contributed by atoms with Gasteiger partial charge in [0.05, 0.1) is 13.1 Å². The second-order valence-electron chi connectivity index (χ2n) is 5.39. The molecule has 1 amide bonds. The van der Waals surface area contributed by atoms with Gasteiger partial charge >= 0.3 is 0 Å². The monoisotopic (exact) mass is 286 g/mol. The Hall–Kier alpha value is -2.07. The van der Waals surface area contributed by atoms with Gasteiger partial charge in [0.1, 0.15) is 11.5 Å². The van der Waals surface area contributed by atoms with Crippen molar-refractivity contribution in [1.29, 1.82) is 0 Å². The van der Waals surface area contributed by atoms with E-state index >= 15 is 0 Å². The number of likely N-dealkylation sites (N-methyl/N-ethyl adjacent to an activating group) is 1. The molecule has 0 atom stereocenters. The molecule has 2 rings (SSSR count). The van der Waals surface area contributed by atoms with E-state index in [1.165, 1.54) is 5.56 Å². The molecule has 1 aromatic heterocycles. The van der Waals surface area contributed by atoms with Crippen molar-refractivity contribution in [3.63, 3.8) is 0 Å². The Morgan fingerprint density at radius 1 is 1.19 bits per heavy atom. The topological polar surface area (TPSA) is 45.5 Å². The standard InChI is InChI=1S/C17H22N2O2/c1-13-6-4-5-7-15(13)10-18-17(20)12-19(3)11-16-9-8-14(2)21-16/h4-9H,10-12H2,1-3H3,(H,18,20). The van der Waals surface area contributed by atoms with E-state index in [0.29, 0.717) is 19.6 Å². The molecule has 0 spiro atoms. The summed E-state index contributed by atoms with van der Waals surface area (Å²) in [6, 6.07) is 11.9.